The highest BCUT2D eigenvalue weighted by atomic mass is 16.5. The third kappa shape index (κ3) is 4.32. The molecule has 0 saturated carbocycles. The molecule has 1 aromatic carbocycles. The van der Waals surface area contributed by atoms with Crippen LogP contribution in [0.2, 0.25) is 0 Å². The SMILES string of the molecule is O=C1CCC(N2Cc3cc(-c4cc(CN5CCC(O)CC5)c5ccn(C6COC6)c5n4)ccc3C2=O)C(=O)N1. The first-order chi connectivity index (χ1) is 18.9. The van der Waals surface area contributed by atoms with Crippen molar-refractivity contribution >= 4 is 28.8 Å². The number of imide groups is 1. The number of piperidine rings is 2. The number of ether oxygens (including phenoxy) is 1. The Kier molecular flexibility index (Phi) is 5.98. The zero-order chi connectivity index (χ0) is 26.7. The van der Waals surface area contributed by atoms with Gasteiger partial charge in [0.05, 0.1) is 31.1 Å². The van der Waals surface area contributed by atoms with Crippen LogP contribution in [0, 0.1) is 0 Å². The quantitative estimate of drug-likeness (QED) is 0.486. The summed E-state index contributed by atoms with van der Waals surface area (Å²) in [4.78, 5) is 46.3. The molecule has 4 aliphatic heterocycles. The normalized spacial score (nSPS) is 22.8. The summed E-state index contributed by atoms with van der Waals surface area (Å²) in [6.07, 6.45) is 4.01. The van der Waals surface area contributed by atoms with Gasteiger partial charge in [0.15, 0.2) is 0 Å². The van der Waals surface area contributed by atoms with Gasteiger partial charge in [-0.1, -0.05) is 6.07 Å². The molecule has 7 rings (SSSR count). The molecule has 2 N–H and O–H groups in total. The van der Waals surface area contributed by atoms with Gasteiger partial charge in [-0.3, -0.25) is 24.6 Å². The third-order valence-electron chi connectivity index (χ3n) is 8.55. The lowest BCUT2D eigenvalue weighted by molar-refractivity contribution is -0.136. The zero-order valence-electron chi connectivity index (χ0n) is 21.6. The summed E-state index contributed by atoms with van der Waals surface area (Å²) in [7, 11) is 0. The highest BCUT2D eigenvalue weighted by Gasteiger charge is 2.39. The topological polar surface area (TPSA) is 117 Å². The fraction of sp³-hybridized carbons (Fsp3) is 0.448. The first kappa shape index (κ1) is 24.4. The fourth-order valence-corrected chi connectivity index (χ4v) is 6.21. The fourth-order valence-electron chi connectivity index (χ4n) is 6.21. The average molecular weight is 530 g/mol. The summed E-state index contributed by atoms with van der Waals surface area (Å²) in [6.45, 7) is 4.16. The van der Waals surface area contributed by atoms with E-state index in [1.165, 1.54) is 5.56 Å². The van der Waals surface area contributed by atoms with Crippen molar-refractivity contribution in [3.63, 3.8) is 0 Å². The number of aliphatic hydroxyl groups excluding tert-OH is 1. The summed E-state index contributed by atoms with van der Waals surface area (Å²) < 4.78 is 7.66. The molecule has 39 heavy (non-hydrogen) atoms. The van der Waals surface area contributed by atoms with Gasteiger partial charge < -0.3 is 19.3 Å². The van der Waals surface area contributed by atoms with Crippen LogP contribution >= 0.6 is 0 Å². The number of carbonyl (C=O) groups excluding carboxylic acids is 3. The molecule has 0 aliphatic carbocycles. The number of benzene rings is 1. The van der Waals surface area contributed by atoms with Crippen LogP contribution in [0.25, 0.3) is 22.3 Å². The van der Waals surface area contributed by atoms with E-state index in [1.54, 1.807) is 4.90 Å². The van der Waals surface area contributed by atoms with Gasteiger partial charge in [0.25, 0.3) is 5.91 Å². The summed E-state index contributed by atoms with van der Waals surface area (Å²) >= 11 is 0. The van der Waals surface area contributed by atoms with Gasteiger partial charge in [0.2, 0.25) is 11.8 Å². The van der Waals surface area contributed by atoms with Crippen molar-refractivity contribution in [3.8, 4) is 11.3 Å². The number of nitrogens with zero attached hydrogens (tertiary/aromatic N) is 4. The Morgan fingerprint density at radius 3 is 2.62 bits per heavy atom. The smallest absolute Gasteiger partial charge is 0.255 e. The minimum absolute atomic E-state index is 0.179. The molecule has 0 spiro atoms. The van der Waals surface area contributed by atoms with Crippen molar-refractivity contribution in [2.75, 3.05) is 26.3 Å². The first-order valence-corrected chi connectivity index (χ1v) is 13.7. The van der Waals surface area contributed by atoms with Crippen molar-refractivity contribution in [2.45, 2.75) is 57.0 Å². The number of carbonyl (C=O) groups is 3. The van der Waals surface area contributed by atoms with Gasteiger partial charge in [-0.05, 0) is 54.7 Å². The van der Waals surface area contributed by atoms with E-state index >= 15 is 0 Å². The van der Waals surface area contributed by atoms with Gasteiger partial charge >= 0.3 is 0 Å². The minimum atomic E-state index is -0.636. The molecule has 3 fully saturated rings. The lowest BCUT2D eigenvalue weighted by Gasteiger charge is -2.30. The largest absolute Gasteiger partial charge is 0.393 e. The highest BCUT2D eigenvalue weighted by Crippen LogP contribution is 2.34. The van der Waals surface area contributed by atoms with Crippen molar-refractivity contribution < 1.29 is 24.2 Å². The predicted molar refractivity (Wildman–Crippen MR) is 142 cm³/mol. The number of amides is 3. The van der Waals surface area contributed by atoms with Crippen molar-refractivity contribution in [2.24, 2.45) is 0 Å². The van der Waals surface area contributed by atoms with Crippen LogP contribution in [-0.2, 0) is 27.4 Å². The lowest BCUT2D eigenvalue weighted by atomic mass is 10.0. The minimum Gasteiger partial charge on any atom is -0.393 e. The first-order valence-electron chi connectivity index (χ1n) is 13.7. The van der Waals surface area contributed by atoms with E-state index < -0.39 is 11.9 Å². The number of likely N-dealkylation sites (tertiary alicyclic amines) is 1. The Morgan fingerprint density at radius 2 is 1.87 bits per heavy atom. The van der Waals surface area contributed by atoms with Crippen LogP contribution in [-0.4, -0.2) is 80.6 Å². The Balaban J connectivity index is 1.23. The van der Waals surface area contributed by atoms with Crippen molar-refractivity contribution in [1.82, 2.24) is 24.7 Å². The second-order valence-electron chi connectivity index (χ2n) is 11.1. The Bertz CT molecular complexity index is 1490. The molecule has 10 nitrogen and oxygen atoms in total. The van der Waals surface area contributed by atoms with Crippen LogP contribution in [0.5, 0.6) is 0 Å². The summed E-state index contributed by atoms with van der Waals surface area (Å²) in [5.41, 5.74) is 5.32. The molecule has 1 atom stereocenters. The summed E-state index contributed by atoms with van der Waals surface area (Å²) in [6, 6.07) is 9.68. The number of pyridine rings is 1. The standard InChI is InChI=1S/C29H31N5O5/c35-21-5-8-32(9-6-21)13-19-12-24(30-27-22(19)7-10-33(27)20-15-39-16-20)17-1-2-23-18(11-17)14-34(29(23)38)25-3-4-26(36)31-28(25)37/h1-2,7,10-12,20-21,25,35H,3-6,8-9,13-16H2,(H,31,36,37). The molecule has 1 unspecified atom stereocenters. The van der Waals surface area contributed by atoms with E-state index in [-0.39, 0.29) is 30.4 Å². The second kappa shape index (κ2) is 9.55. The molecular formula is C29H31N5O5. The van der Waals surface area contributed by atoms with E-state index in [0.29, 0.717) is 31.7 Å². The van der Waals surface area contributed by atoms with Crippen molar-refractivity contribution in [3.05, 3.63) is 53.2 Å². The molecule has 0 radical (unpaired) electrons. The number of fused-ring (bicyclic) bond motifs is 2. The predicted octanol–water partition coefficient (Wildman–Crippen LogP) is 1.99. The highest BCUT2D eigenvalue weighted by molar-refractivity contribution is 6.05. The van der Waals surface area contributed by atoms with Gasteiger partial charge in [-0.15, -0.1) is 0 Å². The molecule has 0 bridgehead atoms. The number of nitrogens with one attached hydrogen (secondary N) is 1. The van der Waals surface area contributed by atoms with Crippen LogP contribution in [0.3, 0.4) is 0 Å². The lowest BCUT2D eigenvalue weighted by Crippen LogP contribution is -2.52. The maximum absolute atomic E-state index is 13.2. The van der Waals surface area contributed by atoms with Crippen LogP contribution in [0.1, 0.15) is 53.2 Å². The van der Waals surface area contributed by atoms with E-state index in [1.807, 2.05) is 18.2 Å². The number of aliphatic hydroxyl groups is 1. The molecule has 10 heteroatoms. The van der Waals surface area contributed by atoms with Crippen molar-refractivity contribution in [1.29, 1.82) is 0 Å². The third-order valence-corrected chi connectivity index (χ3v) is 8.55. The molecule has 3 aromatic rings. The zero-order valence-corrected chi connectivity index (χ0v) is 21.6. The molecule has 2 aromatic heterocycles. The van der Waals surface area contributed by atoms with E-state index in [9.17, 15) is 19.5 Å². The molecular weight excluding hydrogens is 498 g/mol. The maximum atomic E-state index is 13.2. The molecule has 3 saturated heterocycles. The van der Waals surface area contributed by atoms with Crippen LogP contribution < -0.4 is 5.32 Å². The Hall–Kier alpha value is -3.60. The maximum Gasteiger partial charge on any atom is 0.255 e. The Labute approximate surface area is 225 Å². The van der Waals surface area contributed by atoms with Crippen LogP contribution in [0.4, 0.5) is 0 Å². The van der Waals surface area contributed by atoms with Gasteiger partial charge in [-0.2, -0.15) is 0 Å². The molecule has 202 valence electrons. The number of hydrogen-bond acceptors (Lipinski definition) is 7. The summed E-state index contributed by atoms with van der Waals surface area (Å²) in [5, 5.41) is 13.4. The second-order valence-corrected chi connectivity index (χ2v) is 11.1. The van der Waals surface area contributed by atoms with E-state index in [4.69, 9.17) is 9.72 Å². The van der Waals surface area contributed by atoms with Gasteiger partial charge in [0.1, 0.15) is 11.7 Å². The molecule has 3 amide bonds. The molecule has 6 heterocycles. The van der Waals surface area contributed by atoms with E-state index in [2.05, 4.69) is 33.1 Å². The molecule has 4 aliphatic rings. The monoisotopic (exact) mass is 529 g/mol. The summed E-state index contributed by atoms with van der Waals surface area (Å²) in [5.74, 6) is -0.879. The van der Waals surface area contributed by atoms with Gasteiger partial charge in [-0.25, -0.2) is 4.98 Å². The van der Waals surface area contributed by atoms with E-state index in [0.717, 1.165) is 60.3 Å². The Morgan fingerprint density at radius 1 is 1.05 bits per heavy atom. The number of rotatable bonds is 5. The number of aromatic nitrogens is 2. The average Bonchev–Trinajstić information content (AvgIpc) is 3.45. The van der Waals surface area contributed by atoms with Gasteiger partial charge in [0, 0.05) is 55.3 Å². The number of hydrogen-bond donors (Lipinski definition) is 2. The van der Waals surface area contributed by atoms with Crippen LogP contribution in [0.15, 0.2) is 36.5 Å².